The highest BCUT2D eigenvalue weighted by Gasteiger charge is 2.32. The molecule has 1 aliphatic heterocycles. The first-order valence-corrected chi connectivity index (χ1v) is 14.9. The molecule has 5 rings (SSSR count). The molecule has 40 heavy (non-hydrogen) atoms. The Morgan fingerprint density at radius 2 is 1.50 bits per heavy atom. The first-order valence-electron chi connectivity index (χ1n) is 13.5. The molecule has 0 unspecified atom stereocenters. The Morgan fingerprint density at radius 3 is 2.15 bits per heavy atom. The van der Waals surface area contributed by atoms with Crippen LogP contribution in [0.25, 0.3) is 16.9 Å². The molecule has 0 aliphatic carbocycles. The van der Waals surface area contributed by atoms with Crippen molar-refractivity contribution in [1.82, 2.24) is 0 Å². The van der Waals surface area contributed by atoms with Crippen molar-refractivity contribution < 1.29 is 27.6 Å². The fourth-order valence-electron chi connectivity index (χ4n) is 4.57. The van der Waals surface area contributed by atoms with Crippen LogP contribution in [0, 0.1) is 6.92 Å². The predicted octanol–water partition coefficient (Wildman–Crippen LogP) is 9.38. The number of rotatable bonds is 12. The number of phosphoric acid groups is 1. The maximum absolute atomic E-state index is 13.8. The van der Waals surface area contributed by atoms with Crippen LogP contribution in [0.15, 0.2) is 97.6 Å². The van der Waals surface area contributed by atoms with Gasteiger partial charge >= 0.3 is 7.82 Å². The lowest BCUT2D eigenvalue weighted by atomic mass is 9.91. The molecule has 0 bridgehead atoms. The Kier molecular flexibility index (Phi) is 8.59. The quantitative estimate of drug-likeness (QED) is 0.0984. The number of hydrogen-bond donors (Lipinski definition) is 0. The molecule has 0 N–H and O–H groups in total. The molecular formula is C33H33O6P. The van der Waals surface area contributed by atoms with Gasteiger partial charge in [-0.2, -0.15) is 0 Å². The van der Waals surface area contributed by atoms with E-state index in [9.17, 15) is 4.57 Å². The summed E-state index contributed by atoms with van der Waals surface area (Å²) in [7, 11) is -4.12. The van der Waals surface area contributed by atoms with Crippen LogP contribution in [0.1, 0.15) is 42.9 Å². The summed E-state index contributed by atoms with van der Waals surface area (Å²) in [4.78, 5) is 0. The second-order valence-electron chi connectivity index (χ2n) is 9.65. The Bertz CT molecular complexity index is 1470. The van der Waals surface area contributed by atoms with Crippen LogP contribution in [-0.2, 0) is 15.5 Å². The van der Waals surface area contributed by atoms with E-state index in [1.54, 1.807) is 48.5 Å². The van der Waals surface area contributed by atoms with Gasteiger partial charge in [-0.05, 0) is 61.7 Å². The van der Waals surface area contributed by atoms with E-state index in [1.165, 1.54) is 0 Å². The summed E-state index contributed by atoms with van der Waals surface area (Å²) in [5, 5.41) is 0. The Labute approximate surface area is 235 Å². The van der Waals surface area contributed by atoms with Crippen molar-refractivity contribution in [2.45, 2.75) is 39.5 Å². The van der Waals surface area contributed by atoms with Crippen molar-refractivity contribution in [2.75, 3.05) is 6.79 Å². The Morgan fingerprint density at radius 1 is 0.825 bits per heavy atom. The maximum atomic E-state index is 13.8. The van der Waals surface area contributed by atoms with Crippen LogP contribution in [0.4, 0.5) is 0 Å². The molecule has 0 aromatic heterocycles. The molecule has 7 heteroatoms. The van der Waals surface area contributed by atoms with Crippen molar-refractivity contribution in [2.24, 2.45) is 0 Å². The minimum atomic E-state index is -4.12. The van der Waals surface area contributed by atoms with Crippen molar-refractivity contribution >= 4 is 13.6 Å². The van der Waals surface area contributed by atoms with Gasteiger partial charge in [0.1, 0.15) is 28.8 Å². The molecule has 0 fully saturated rings. The van der Waals surface area contributed by atoms with Crippen molar-refractivity contribution in [3.05, 3.63) is 114 Å². The molecule has 6 nitrogen and oxygen atoms in total. The molecule has 1 aliphatic rings. The fourth-order valence-corrected chi connectivity index (χ4v) is 5.65. The molecule has 0 amide bonds. The van der Waals surface area contributed by atoms with Gasteiger partial charge in [0.15, 0.2) is 0 Å². The second kappa shape index (κ2) is 12.5. The number of benzene rings is 4. The van der Waals surface area contributed by atoms with E-state index >= 15 is 0 Å². The first-order chi connectivity index (χ1) is 19.4. The molecular weight excluding hydrogens is 523 g/mol. The minimum absolute atomic E-state index is 0.355. The van der Waals surface area contributed by atoms with Crippen molar-refractivity contribution in [1.29, 1.82) is 0 Å². The predicted molar refractivity (Wildman–Crippen MR) is 158 cm³/mol. The topological polar surface area (TPSA) is 63.2 Å². The van der Waals surface area contributed by atoms with Gasteiger partial charge in [0.05, 0.1) is 5.56 Å². The van der Waals surface area contributed by atoms with E-state index in [0.29, 0.717) is 28.8 Å². The first kappa shape index (κ1) is 27.6. The van der Waals surface area contributed by atoms with Crippen molar-refractivity contribution in [3.8, 4) is 34.1 Å². The third-order valence-electron chi connectivity index (χ3n) is 6.52. The lowest BCUT2D eigenvalue weighted by Crippen LogP contribution is -2.11. The van der Waals surface area contributed by atoms with E-state index in [2.05, 4.69) is 25.6 Å². The van der Waals surface area contributed by atoms with Gasteiger partial charge in [-0.1, -0.05) is 86.5 Å². The minimum Gasteiger partial charge on any atom is -0.466 e. The fraction of sp³-hybridized carbons (Fsp3) is 0.212. The second-order valence-corrected chi connectivity index (χ2v) is 11.2. The number of phosphoric ester groups is 1. The molecule has 206 valence electrons. The highest BCUT2D eigenvalue weighted by molar-refractivity contribution is 7.49. The zero-order chi connectivity index (χ0) is 28.0. The van der Waals surface area contributed by atoms with Crippen LogP contribution in [0.3, 0.4) is 0 Å². The van der Waals surface area contributed by atoms with E-state index in [-0.39, 0.29) is 6.79 Å². The third-order valence-corrected chi connectivity index (χ3v) is 7.81. The smallest absolute Gasteiger partial charge is 0.466 e. The highest BCUT2D eigenvalue weighted by atomic mass is 31.2. The van der Waals surface area contributed by atoms with Gasteiger partial charge in [-0.15, -0.1) is 0 Å². The molecule has 0 saturated carbocycles. The summed E-state index contributed by atoms with van der Waals surface area (Å²) >= 11 is 0. The standard InChI is InChI=1S/C33H33O6P/c1-4-5-8-13-26-21-31(33-30-20-24(2)18-19-29(30)25(3)37-32(33)22-26)35-23-36-40(34,38-27-14-9-6-10-15-27)39-28-16-11-7-12-17-28/h6-7,9-12,14-22H,3-5,8,13,23H2,1-2H3. The zero-order valence-electron chi connectivity index (χ0n) is 22.8. The average molecular weight is 557 g/mol. The van der Waals surface area contributed by atoms with Gasteiger partial charge in [-0.3, -0.25) is 0 Å². The molecule has 0 spiro atoms. The largest absolute Gasteiger partial charge is 0.590 e. The number of unbranched alkanes of at least 4 members (excludes halogenated alkanes) is 2. The van der Waals surface area contributed by atoms with Gasteiger partial charge in [0, 0.05) is 11.1 Å². The molecule has 0 atom stereocenters. The van der Waals surface area contributed by atoms with Crippen LogP contribution < -0.4 is 18.5 Å². The summed E-state index contributed by atoms with van der Waals surface area (Å²) < 4.78 is 43.3. The van der Waals surface area contributed by atoms with Crippen LogP contribution >= 0.6 is 7.82 Å². The summed E-state index contributed by atoms with van der Waals surface area (Å²) in [6, 6.07) is 27.7. The number of fused-ring (bicyclic) bond motifs is 3. The Hall–Kier alpha value is -3.99. The number of hydrogen-bond acceptors (Lipinski definition) is 6. The monoisotopic (exact) mass is 556 g/mol. The zero-order valence-corrected chi connectivity index (χ0v) is 23.7. The van der Waals surface area contributed by atoms with E-state index in [0.717, 1.165) is 53.5 Å². The summed E-state index contributed by atoms with van der Waals surface area (Å²) in [6.07, 6.45) is 4.18. The van der Waals surface area contributed by atoms with E-state index in [1.807, 2.05) is 37.3 Å². The molecule has 0 saturated heterocycles. The van der Waals surface area contributed by atoms with Crippen molar-refractivity contribution in [3.63, 3.8) is 0 Å². The summed E-state index contributed by atoms with van der Waals surface area (Å²) in [5.74, 6) is 2.54. The SMILES string of the molecule is C=C1Oc2cc(CCCCC)cc(OCOP(=O)(Oc3ccccc3)Oc3ccccc3)c2-c2cc(C)ccc21. The van der Waals surface area contributed by atoms with Gasteiger partial charge in [-0.25, -0.2) is 9.09 Å². The third kappa shape index (κ3) is 6.59. The highest BCUT2D eigenvalue weighted by Crippen LogP contribution is 2.51. The molecule has 0 radical (unpaired) electrons. The molecule has 4 aromatic carbocycles. The van der Waals surface area contributed by atoms with Gasteiger partial charge < -0.3 is 18.5 Å². The number of para-hydroxylation sites is 2. The summed E-state index contributed by atoms with van der Waals surface area (Å²) in [6.45, 7) is 7.98. The lowest BCUT2D eigenvalue weighted by Gasteiger charge is -2.26. The van der Waals surface area contributed by atoms with E-state index < -0.39 is 7.82 Å². The lowest BCUT2D eigenvalue weighted by molar-refractivity contribution is 0.0888. The molecule has 1 heterocycles. The Balaban J connectivity index is 1.44. The summed E-state index contributed by atoms with van der Waals surface area (Å²) in [5.41, 5.74) is 4.84. The average Bonchev–Trinajstić information content (AvgIpc) is 2.94. The maximum Gasteiger partial charge on any atom is 0.590 e. The molecule has 4 aromatic rings. The normalized spacial score (nSPS) is 12.2. The number of ether oxygens (including phenoxy) is 2. The van der Waals surface area contributed by atoms with Gasteiger partial charge in [0.25, 0.3) is 0 Å². The van der Waals surface area contributed by atoms with Crippen LogP contribution in [-0.4, -0.2) is 6.79 Å². The van der Waals surface area contributed by atoms with Crippen LogP contribution in [0.2, 0.25) is 0 Å². The number of aryl methyl sites for hydroxylation is 2. The van der Waals surface area contributed by atoms with Gasteiger partial charge in [0.2, 0.25) is 6.79 Å². The van der Waals surface area contributed by atoms with Crippen LogP contribution in [0.5, 0.6) is 23.0 Å². The van der Waals surface area contributed by atoms with E-state index in [4.69, 9.17) is 23.0 Å².